The van der Waals surface area contributed by atoms with Gasteiger partial charge in [-0.2, -0.15) is 0 Å². The zero-order valence-corrected chi connectivity index (χ0v) is 21.4. The number of carbonyl (C=O) groups is 1. The molecule has 0 saturated carbocycles. The molecule has 1 amide bonds. The van der Waals surface area contributed by atoms with E-state index >= 15 is 0 Å². The molecular formula is C29H27N5O2S. The van der Waals surface area contributed by atoms with Gasteiger partial charge < -0.3 is 19.1 Å². The van der Waals surface area contributed by atoms with E-state index in [1.165, 1.54) is 11.3 Å². The third-order valence-electron chi connectivity index (χ3n) is 6.67. The van der Waals surface area contributed by atoms with E-state index in [1.807, 2.05) is 59.7 Å². The number of carbonyl (C=O) groups excluding carboxylic acids is 1. The average Bonchev–Trinajstić information content (AvgIpc) is 3.63. The minimum absolute atomic E-state index is 0.106. The highest BCUT2D eigenvalue weighted by atomic mass is 32.1. The molecule has 0 unspecified atom stereocenters. The Morgan fingerprint density at radius 2 is 1.73 bits per heavy atom. The van der Waals surface area contributed by atoms with E-state index < -0.39 is 0 Å². The highest BCUT2D eigenvalue weighted by Crippen LogP contribution is 2.37. The lowest BCUT2D eigenvalue weighted by atomic mass is 10.1. The Morgan fingerprint density at radius 3 is 2.43 bits per heavy atom. The van der Waals surface area contributed by atoms with Gasteiger partial charge in [0.25, 0.3) is 5.91 Å². The van der Waals surface area contributed by atoms with Gasteiger partial charge in [0.05, 0.1) is 16.9 Å². The molecule has 7 nitrogen and oxygen atoms in total. The number of benzene rings is 2. The zero-order chi connectivity index (χ0) is 25.2. The van der Waals surface area contributed by atoms with E-state index in [0.29, 0.717) is 32.8 Å². The summed E-state index contributed by atoms with van der Waals surface area (Å²) in [4.78, 5) is 27.3. The van der Waals surface area contributed by atoms with Crippen molar-refractivity contribution in [2.75, 3.05) is 37.7 Å². The van der Waals surface area contributed by atoms with Gasteiger partial charge in [0.1, 0.15) is 17.9 Å². The molecule has 1 aliphatic rings. The molecular weight excluding hydrogens is 482 g/mol. The van der Waals surface area contributed by atoms with Crippen LogP contribution < -0.4 is 9.64 Å². The fraction of sp³-hybridized carbons (Fsp3) is 0.207. The Bertz CT molecular complexity index is 1510. The molecule has 3 aromatic heterocycles. The molecule has 1 saturated heterocycles. The number of hydrogen-bond acceptors (Lipinski definition) is 6. The van der Waals surface area contributed by atoms with Crippen LogP contribution in [0.3, 0.4) is 0 Å². The standard InChI is InChI=1S/C29H27N5O2S/c1-2-36-23-12-10-22(11-13-23)34-19-24(21-7-4-3-5-8-21)26-27(30-20-31-28(26)34)32-14-16-33(17-15-32)29(35)25-9-6-18-37-25/h3-13,18-20H,2,14-17H2,1H3. The fourth-order valence-electron chi connectivity index (χ4n) is 4.87. The van der Waals surface area contributed by atoms with E-state index in [1.54, 1.807) is 6.33 Å². The van der Waals surface area contributed by atoms with E-state index in [2.05, 4.69) is 39.9 Å². The Hall–Kier alpha value is -4.17. The van der Waals surface area contributed by atoms with Crippen LogP contribution in [0.15, 0.2) is 84.6 Å². The number of anilines is 1. The second-order valence-electron chi connectivity index (χ2n) is 8.86. The summed E-state index contributed by atoms with van der Waals surface area (Å²) in [6, 6.07) is 22.2. The lowest BCUT2D eigenvalue weighted by molar-refractivity contribution is 0.0751. The first-order chi connectivity index (χ1) is 18.2. The molecule has 0 spiro atoms. The van der Waals surface area contributed by atoms with Gasteiger partial charge in [0, 0.05) is 43.6 Å². The maximum Gasteiger partial charge on any atom is 0.264 e. The summed E-state index contributed by atoms with van der Waals surface area (Å²) in [5.41, 5.74) is 4.05. The summed E-state index contributed by atoms with van der Waals surface area (Å²) in [5, 5.41) is 2.96. The SMILES string of the molecule is CCOc1ccc(-n2cc(-c3ccccc3)c3c(N4CCN(C(=O)c5cccs5)CC4)ncnc32)cc1. The summed E-state index contributed by atoms with van der Waals surface area (Å²) >= 11 is 1.49. The fourth-order valence-corrected chi connectivity index (χ4v) is 5.56. The molecule has 5 aromatic rings. The van der Waals surface area contributed by atoms with Crippen LogP contribution in [0.2, 0.25) is 0 Å². The number of fused-ring (bicyclic) bond motifs is 1. The summed E-state index contributed by atoms with van der Waals surface area (Å²) in [6.45, 7) is 5.35. The maximum atomic E-state index is 12.9. The van der Waals surface area contributed by atoms with E-state index in [4.69, 9.17) is 14.7 Å². The molecule has 37 heavy (non-hydrogen) atoms. The van der Waals surface area contributed by atoms with Crippen LogP contribution in [-0.4, -0.2) is 58.1 Å². The molecule has 2 aromatic carbocycles. The van der Waals surface area contributed by atoms with E-state index in [9.17, 15) is 4.79 Å². The highest BCUT2D eigenvalue weighted by molar-refractivity contribution is 7.12. The largest absolute Gasteiger partial charge is 0.494 e. The van der Waals surface area contributed by atoms with Crippen LogP contribution in [0.25, 0.3) is 27.8 Å². The minimum Gasteiger partial charge on any atom is -0.494 e. The van der Waals surface area contributed by atoms with Crippen molar-refractivity contribution < 1.29 is 9.53 Å². The molecule has 1 fully saturated rings. The highest BCUT2D eigenvalue weighted by Gasteiger charge is 2.26. The number of hydrogen-bond donors (Lipinski definition) is 0. The summed E-state index contributed by atoms with van der Waals surface area (Å²) in [5.74, 6) is 1.85. The number of aromatic nitrogens is 3. The first-order valence-corrected chi connectivity index (χ1v) is 13.3. The first kappa shape index (κ1) is 23.2. The van der Waals surface area contributed by atoms with Gasteiger partial charge >= 0.3 is 0 Å². The van der Waals surface area contributed by atoms with Crippen LogP contribution in [-0.2, 0) is 0 Å². The average molecular weight is 510 g/mol. The van der Waals surface area contributed by atoms with Gasteiger partial charge in [-0.15, -0.1) is 11.3 Å². The molecule has 0 aliphatic carbocycles. The molecule has 0 atom stereocenters. The quantitative estimate of drug-likeness (QED) is 0.302. The summed E-state index contributed by atoms with van der Waals surface area (Å²) in [7, 11) is 0. The van der Waals surface area contributed by atoms with Crippen molar-refractivity contribution in [3.05, 3.63) is 89.5 Å². The Morgan fingerprint density at radius 1 is 0.946 bits per heavy atom. The first-order valence-electron chi connectivity index (χ1n) is 12.5. The number of thiophene rings is 1. The van der Waals surface area contributed by atoms with Gasteiger partial charge in [-0.25, -0.2) is 9.97 Å². The van der Waals surface area contributed by atoms with Crippen molar-refractivity contribution in [3.8, 4) is 22.6 Å². The zero-order valence-electron chi connectivity index (χ0n) is 20.6. The van der Waals surface area contributed by atoms with Crippen molar-refractivity contribution in [1.29, 1.82) is 0 Å². The van der Waals surface area contributed by atoms with Gasteiger partial charge in [0.15, 0.2) is 5.65 Å². The van der Waals surface area contributed by atoms with Gasteiger partial charge in [0.2, 0.25) is 0 Å². The third kappa shape index (κ3) is 4.44. The summed E-state index contributed by atoms with van der Waals surface area (Å²) in [6.07, 6.45) is 3.78. The number of piperazine rings is 1. The number of rotatable bonds is 6. The van der Waals surface area contributed by atoms with Crippen LogP contribution >= 0.6 is 11.3 Å². The molecule has 1 aliphatic heterocycles. The summed E-state index contributed by atoms with van der Waals surface area (Å²) < 4.78 is 7.76. The predicted molar refractivity (Wildman–Crippen MR) is 148 cm³/mol. The van der Waals surface area contributed by atoms with Crippen LogP contribution in [0.1, 0.15) is 16.6 Å². The monoisotopic (exact) mass is 509 g/mol. The molecule has 8 heteroatoms. The van der Waals surface area contributed by atoms with Gasteiger partial charge in [-0.1, -0.05) is 36.4 Å². The van der Waals surface area contributed by atoms with E-state index in [-0.39, 0.29) is 5.91 Å². The van der Waals surface area contributed by atoms with Crippen molar-refractivity contribution in [3.63, 3.8) is 0 Å². The Labute approximate surface area is 219 Å². The minimum atomic E-state index is 0.106. The molecule has 0 N–H and O–H groups in total. The molecule has 0 bridgehead atoms. The van der Waals surface area contributed by atoms with Gasteiger partial charge in [-0.05, 0) is 48.2 Å². The molecule has 0 radical (unpaired) electrons. The van der Waals surface area contributed by atoms with Crippen molar-refractivity contribution in [2.24, 2.45) is 0 Å². The normalized spacial score (nSPS) is 13.8. The lowest BCUT2D eigenvalue weighted by Gasteiger charge is -2.35. The molecule has 6 rings (SSSR count). The molecule has 4 heterocycles. The third-order valence-corrected chi connectivity index (χ3v) is 7.53. The number of amides is 1. The van der Waals surface area contributed by atoms with Crippen molar-refractivity contribution >= 4 is 34.1 Å². The second kappa shape index (κ2) is 10.1. The Kier molecular flexibility index (Phi) is 6.32. The van der Waals surface area contributed by atoms with Crippen molar-refractivity contribution in [1.82, 2.24) is 19.4 Å². The topological polar surface area (TPSA) is 63.5 Å². The Balaban J connectivity index is 1.38. The van der Waals surface area contributed by atoms with E-state index in [0.717, 1.165) is 44.3 Å². The second-order valence-corrected chi connectivity index (χ2v) is 9.81. The van der Waals surface area contributed by atoms with Crippen LogP contribution in [0.4, 0.5) is 5.82 Å². The van der Waals surface area contributed by atoms with Gasteiger partial charge in [-0.3, -0.25) is 4.79 Å². The van der Waals surface area contributed by atoms with Crippen LogP contribution in [0, 0.1) is 0 Å². The maximum absolute atomic E-state index is 12.9. The van der Waals surface area contributed by atoms with Crippen molar-refractivity contribution in [2.45, 2.75) is 6.92 Å². The number of nitrogens with zero attached hydrogens (tertiary/aromatic N) is 5. The predicted octanol–water partition coefficient (Wildman–Crippen LogP) is 5.51. The smallest absolute Gasteiger partial charge is 0.264 e. The van der Waals surface area contributed by atoms with Crippen LogP contribution in [0.5, 0.6) is 5.75 Å². The molecule has 186 valence electrons. The lowest BCUT2D eigenvalue weighted by Crippen LogP contribution is -2.49. The number of ether oxygens (including phenoxy) is 1.